The molecule has 8 heteroatoms. The lowest BCUT2D eigenvalue weighted by atomic mass is 10.1. The molecule has 0 fully saturated rings. The first-order chi connectivity index (χ1) is 12.1. The summed E-state index contributed by atoms with van der Waals surface area (Å²) < 4.78 is 20.5. The lowest BCUT2D eigenvalue weighted by Crippen LogP contribution is -2.14. The summed E-state index contributed by atoms with van der Waals surface area (Å²) in [7, 11) is 3.35. The van der Waals surface area contributed by atoms with Gasteiger partial charge in [0, 0.05) is 24.9 Å². The Morgan fingerprint density at radius 2 is 2.20 bits per heavy atom. The highest BCUT2D eigenvalue weighted by molar-refractivity contribution is 6.03. The number of halogens is 1. The first-order valence-corrected chi connectivity index (χ1v) is 7.69. The van der Waals surface area contributed by atoms with Crippen molar-refractivity contribution in [3.05, 3.63) is 48.3 Å². The van der Waals surface area contributed by atoms with E-state index in [4.69, 9.17) is 4.74 Å². The standard InChI is InChI=1S/C17H18FN5O2/c1-22-16(20-17(24)13-10-19-23(11-13)7-6-18)9-15(21-22)12-4-3-5-14(8-12)25-2/h3-5,8-11H,6-7H2,1-2H3,(H,20,24). The molecule has 3 rings (SSSR count). The molecule has 1 amide bonds. The second-order valence-corrected chi connectivity index (χ2v) is 5.41. The highest BCUT2D eigenvalue weighted by atomic mass is 19.1. The average Bonchev–Trinajstić information content (AvgIpc) is 3.23. The number of anilines is 1. The van der Waals surface area contributed by atoms with Crippen LogP contribution in [-0.4, -0.2) is 39.3 Å². The molecule has 0 aliphatic carbocycles. The van der Waals surface area contributed by atoms with Gasteiger partial charge in [0.1, 0.15) is 18.2 Å². The number of benzene rings is 1. The number of hydrogen-bond donors (Lipinski definition) is 1. The molecule has 0 unspecified atom stereocenters. The largest absolute Gasteiger partial charge is 0.497 e. The molecule has 130 valence electrons. The third kappa shape index (κ3) is 3.68. The summed E-state index contributed by atoms with van der Waals surface area (Å²) in [4.78, 5) is 12.3. The molecule has 1 N–H and O–H groups in total. The van der Waals surface area contributed by atoms with Crippen LogP contribution in [0.3, 0.4) is 0 Å². The van der Waals surface area contributed by atoms with Crippen molar-refractivity contribution in [2.45, 2.75) is 6.54 Å². The monoisotopic (exact) mass is 343 g/mol. The zero-order valence-corrected chi connectivity index (χ0v) is 13.9. The normalized spacial score (nSPS) is 10.7. The van der Waals surface area contributed by atoms with Crippen LogP contribution in [0.4, 0.5) is 10.2 Å². The van der Waals surface area contributed by atoms with Gasteiger partial charge in [-0.05, 0) is 12.1 Å². The minimum atomic E-state index is -0.533. The van der Waals surface area contributed by atoms with E-state index in [2.05, 4.69) is 15.5 Å². The van der Waals surface area contributed by atoms with E-state index in [1.54, 1.807) is 24.9 Å². The van der Waals surface area contributed by atoms with Crippen LogP contribution in [0.5, 0.6) is 5.75 Å². The van der Waals surface area contributed by atoms with Crippen LogP contribution >= 0.6 is 0 Å². The second kappa shape index (κ2) is 7.16. The molecular formula is C17H18FN5O2. The Kier molecular flexibility index (Phi) is 4.78. The number of methoxy groups -OCH3 is 1. The third-order valence-corrected chi connectivity index (χ3v) is 3.70. The Bertz CT molecular complexity index is 887. The van der Waals surface area contributed by atoms with Crippen molar-refractivity contribution in [1.82, 2.24) is 19.6 Å². The fraction of sp³-hybridized carbons (Fsp3) is 0.235. The Hall–Kier alpha value is -3.16. The van der Waals surface area contributed by atoms with Crippen molar-refractivity contribution in [3.8, 4) is 17.0 Å². The Balaban J connectivity index is 1.78. The first kappa shape index (κ1) is 16.7. The SMILES string of the molecule is COc1cccc(-c2cc(NC(=O)c3cnn(CCF)c3)n(C)n2)c1. The van der Waals surface area contributed by atoms with Gasteiger partial charge in [-0.3, -0.25) is 14.2 Å². The Labute approximate surface area is 144 Å². The fourth-order valence-electron chi connectivity index (χ4n) is 2.39. The maximum Gasteiger partial charge on any atom is 0.259 e. The molecule has 0 aliphatic rings. The van der Waals surface area contributed by atoms with E-state index in [1.807, 2.05) is 24.3 Å². The van der Waals surface area contributed by atoms with E-state index in [0.717, 1.165) is 11.3 Å². The number of carbonyl (C=O) groups is 1. The number of rotatable bonds is 6. The number of carbonyl (C=O) groups excluding carboxylic acids is 1. The number of aromatic nitrogens is 4. The number of amides is 1. The molecular weight excluding hydrogens is 325 g/mol. The van der Waals surface area contributed by atoms with Crippen LogP contribution in [0.25, 0.3) is 11.3 Å². The van der Waals surface area contributed by atoms with Crippen molar-refractivity contribution in [3.63, 3.8) is 0 Å². The smallest absolute Gasteiger partial charge is 0.259 e. The molecule has 0 saturated carbocycles. The van der Waals surface area contributed by atoms with Crippen LogP contribution < -0.4 is 10.1 Å². The molecule has 1 aromatic carbocycles. The maximum absolute atomic E-state index is 12.3. The van der Waals surface area contributed by atoms with Gasteiger partial charge in [0.25, 0.3) is 5.91 Å². The van der Waals surface area contributed by atoms with Crippen molar-refractivity contribution < 1.29 is 13.9 Å². The number of hydrogen-bond acceptors (Lipinski definition) is 4. The van der Waals surface area contributed by atoms with E-state index in [0.29, 0.717) is 17.1 Å². The van der Waals surface area contributed by atoms with Crippen LogP contribution in [0.15, 0.2) is 42.7 Å². The summed E-state index contributed by atoms with van der Waals surface area (Å²) in [5.41, 5.74) is 1.95. The minimum Gasteiger partial charge on any atom is -0.497 e. The lowest BCUT2D eigenvalue weighted by molar-refractivity contribution is 0.102. The van der Waals surface area contributed by atoms with Crippen molar-refractivity contribution in [1.29, 1.82) is 0 Å². The van der Waals surface area contributed by atoms with E-state index >= 15 is 0 Å². The summed E-state index contributed by atoms with van der Waals surface area (Å²) in [6.45, 7) is -0.409. The topological polar surface area (TPSA) is 74.0 Å². The number of nitrogens with zero attached hydrogens (tertiary/aromatic N) is 4. The molecule has 2 heterocycles. The molecule has 0 radical (unpaired) electrons. The Morgan fingerprint density at radius 3 is 2.96 bits per heavy atom. The third-order valence-electron chi connectivity index (χ3n) is 3.70. The zero-order valence-electron chi connectivity index (χ0n) is 13.9. The summed E-state index contributed by atoms with van der Waals surface area (Å²) in [5, 5.41) is 11.1. The number of nitrogens with one attached hydrogen (secondary N) is 1. The number of ether oxygens (including phenoxy) is 1. The van der Waals surface area contributed by atoms with Crippen LogP contribution in [0, 0.1) is 0 Å². The van der Waals surface area contributed by atoms with Crippen LogP contribution in [0.1, 0.15) is 10.4 Å². The summed E-state index contributed by atoms with van der Waals surface area (Å²) in [5.74, 6) is 0.945. The van der Waals surface area contributed by atoms with Gasteiger partial charge in [-0.15, -0.1) is 0 Å². The lowest BCUT2D eigenvalue weighted by Gasteiger charge is -2.02. The predicted molar refractivity (Wildman–Crippen MR) is 91.4 cm³/mol. The molecule has 7 nitrogen and oxygen atoms in total. The molecule has 0 saturated heterocycles. The number of aryl methyl sites for hydroxylation is 2. The van der Waals surface area contributed by atoms with Gasteiger partial charge in [-0.25, -0.2) is 4.39 Å². The van der Waals surface area contributed by atoms with Crippen molar-refractivity contribution in [2.75, 3.05) is 19.1 Å². The van der Waals surface area contributed by atoms with Gasteiger partial charge in [0.05, 0.1) is 31.1 Å². The first-order valence-electron chi connectivity index (χ1n) is 7.69. The van der Waals surface area contributed by atoms with Gasteiger partial charge >= 0.3 is 0 Å². The van der Waals surface area contributed by atoms with Gasteiger partial charge in [-0.1, -0.05) is 12.1 Å². The molecule has 0 spiro atoms. The summed E-state index contributed by atoms with van der Waals surface area (Å²) in [6, 6.07) is 9.29. The molecule has 0 bridgehead atoms. The highest BCUT2D eigenvalue weighted by Crippen LogP contribution is 2.25. The molecule has 2 aromatic heterocycles. The van der Waals surface area contributed by atoms with Crippen LogP contribution in [0.2, 0.25) is 0 Å². The maximum atomic E-state index is 12.3. The van der Waals surface area contributed by atoms with Crippen LogP contribution in [-0.2, 0) is 13.6 Å². The van der Waals surface area contributed by atoms with Gasteiger partial charge < -0.3 is 10.1 Å². The summed E-state index contributed by atoms with van der Waals surface area (Å²) >= 11 is 0. The molecule has 25 heavy (non-hydrogen) atoms. The van der Waals surface area contributed by atoms with Gasteiger partial charge in [0.2, 0.25) is 0 Å². The van der Waals surface area contributed by atoms with E-state index in [-0.39, 0.29) is 12.5 Å². The fourth-order valence-corrected chi connectivity index (χ4v) is 2.39. The highest BCUT2D eigenvalue weighted by Gasteiger charge is 2.13. The van der Waals surface area contributed by atoms with Gasteiger partial charge in [-0.2, -0.15) is 10.2 Å². The van der Waals surface area contributed by atoms with E-state index < -0.39 is 6.67 Å². The number of alkyl halides is 1. The van der Waals surface area contributed by atoms with E-state index in [1.165, 1.54) is 17.1 Å². The quantitative estimate of drug-likeness (QED) is 0.746. The van der Waals surface area contributed by atoms with E-state index in [9.17, 15) is 9.18 Å². The average molecular weight is 343 g/mol. The molecule has 0 atom stereocenters. The molecule has 0 aliphatic heterocycles. The zero-order chi connectivity index (χ0) is 17.8. The second-order valence-electron chi connectivity index (χ2n) is 5.41. The van der Waals surface area contributed by atoms with Crippen molar-refractivity contribution >= 4 is 11.7 Å². The Morgan fingerprint density at radius 1 is 1.36 bits per heavy atom. The predicted octanol–water partition coefficient (Wildman–Crippen LogP) is 2.51. The molecule has 3 aromatic rings. The van der Waals surface area contributed by atoms with Crippen molar-refractivity contribution in [2.24, 2.45) is 7.05 Å². The summed E-state index contributed by atoms with van der Waals surface area (Å²) in [6.07, 6.45) is 2.92. The minimum absolute atomic E-state index is 0.124. The van der Waals surface area contributed by atoms with Gasteiger partial charge in [0.15, 0.2) is 0 Å².